The summed E-state index contributed by atoms with van der Waals surface area (Å²) in [5, 5.41) is 4.50. The molecular formula is C60H39NO2. The van der Waals surface area contributed by atoms with Crippen LogP contribution in [-0.2, 0) is 0 Å². The van der Waals surface area contributed by atoms with Gasteiger partial charge in [-0.15, -0.1) is 0 Å². The van der Waals surface area contributed by atoms with Crippen LogP contribution in [0.3, 0.4) is 0 Å². The van der Waals surface area contributed by atoms with Crippen molar-refractivity contribution in [3.05, 3.63) is 237 Å². The third-order valence-electron chi connectivity index (χ3n) is 12.3. The third kappa shape index (κ3) is 6.55. The van der Waals surface area contributed by atoms with E-state index in [0.29, 0.717) is 0 Å². The van der Waals surface area contributed by atoms with Gasteiger partial charge in [-0.1, -0.05) is 170 Å². The van der Waals surface area contributed by atoms with Gasteiger partial charge in [0, 0.05) is 44.2 Å². The Balaban J connectivity index is 0.913. The van der Waals surface area contributed by atoms with E-state index in [2.05, 4.69) is 223 Å². The van der Waals surface area contributed by atoms with Crippen LogP contribution in [-0.4, -0.2) is 0 Å². The number of para-hydroxylation sites is 2. The van der Waals surface area contributed by atoms with E-state index in [4.69, 9.17) is 8.83 Å². The van der Waals surface area contributed by atoms with Gasteiger partial charge in [-0.3, -0.25) is 0 Å². The molecule has 63 heavy (non-hydrogen) atoms. The minimum Gasteiger partial charge on any atom is -0.456 e. The summed E-state index contributed by atoms with van der Waals surface area (Å²) in [6, 6.07) is 84.1. The number of nitrogens with zero attached hydrogens (tertiary/aromatic N) is 1. The second kappa shape index (κ2) is 15.3. The average Bonchev–Trinajstić information content (AvgIpc) is 3.93. The highest BCUT2D eigenvalue weighted by atomic mass is 16.3. The van der Waals surface area contributed by atoms with Gasteiger partial charge in [0.1, 0.15) is 22.3 Å². The van der Waals surface area contributed by atoms with Crippen molar-refractivity contribution in [3.8, 4) is 55.6 Å². The maximum atomic E-state index is 6.50. The van der Waals surface area contributed by atoms with Crippen LogP contribution in [0.15, 0.2) is 245 Å². The lowest BCUT2D eigenvalue weighted by molar-refractivity contribution is 0.669. The summed E-state index contributed by atoms with van der Waals surface area (Å²) in [7, 11) is 0. The Morgan fingerprint density at radius 2 is 0.683 bits per heavy atom. The first-order chi connectivity index (χ1) is 31.2. The van der Waals surface area contributed by atoms with Crippen LogP contribution in [0.1, 0.15) is 0 Å². The van der Waals surface area contributed by atoms with Gasteiger partial charge >= 0.3 is 0 Å². The Morgan fingerprint density at radius 3 is 1.33 bits per heavy atom. The molecule has 0 aliphatic heterocycles. The maximum absolute atomic E-state index is 6.50. The fraction of sp³-hybridized carbons (Fsp3) is 0. The number of rotatable bonds is 8. The standard InChI is InChI=1S/C60H39NO2/c1-3-12-42(13-4-1)50-16-7-8-17-51(50)44-26-34-49(35-27-44)61(48-32-24-41(25-33-48)46-28-36-54-53-18-9-10-21-57(53)62-59(54)39-46)47-30-22-40(23-31-47)45-29-37-58-56(38-45)55-20-11-19-52(60(55)63-58)43-14-5-2-6-15-43/h1-39H. The highest BCUT2D eigenvalue weighted by Crippen LogP contribution is 2.41. The van der Waals surface area contributed by atoms with Gasteiger partial charge in [-0.05, 0) is 117 Å². The molecule has 2 aromatic heterocycles. The molecule has 0 saturated heterocycles. The number of fused-ring (bicyclic) bond motifs is 6. The van der Waals surface area contributed by atoms with Crippen molar-refractivity contribution in [1.29, 1.82) is 0 Å². The monoisotopic (exact) mass is 805 g/mol. The molecule has 0 bridgehead atoms. The van der Waals surface area contributed by atoms with E-state index < -0.39 is 0 Å². The topological polar surface area (TPSA) is 29.5 Å². The SMILES string of the molecule is c1ccc(-c2ccccc2-c2ccc(N(c3ccc(-c4ccc5c(c4)oc4ccccc45)cc3)c3ccc(-c4ccc5oc6c(-c7ccccc7)cccc6c5c4)cc3)cc2)cc1. The zero-order valence-corrected chi connectivity index (χ0v) is 34.3. The second-order valence-corrected chi connectivity index (χ2v) is 16.1. The summed E-state index contributed by atoms with van der Waals surface area (Å²) in [6.07, 6.45) is 0. The van der Waals surface area contributed by atoms with E-state index in [1.165, 1.54) is 22.3 Å². The molecule has 0 aliphatic carbocycles. The van der Waals surface area contributed by atoms with Gasteiger partial charge in [0.2, 0.25) is 0 Å². The van der Waals surface area contributed by atoms with Crippen molar-refractivity contribution < 1.29 is 8.83 Å². The smallest absolute Gasteiger partial charge is 0.143 e. The van der Waals surface area contributed by atoms with E-state index >= 15 is 0 Å². The molecule has 0 fully saturated rings. The summed E-state index contributed by atoms with van der Waals surface area (Å²) in [5.74, 6) is 0. The number of hydrogen-bond acceptors (Lipinski definition) is 3. The van der Waals surface area contributed by atoms with Crippen molar-refractivity contribution in [1.82, 2.24) is 0 Å². The van der Waals surface area contributed by atoms with Gasteiger partial charge in [-0.2, -0.15) is 0 Å². The zero-order chi connectivity index (χ0) is 41.7. The molecule has 0 aliphatic rings. The summed E-state index contributed by atoms with van der Waals surface area (Å²) >= 11 is 0. The van der Waals surface area contributed by atoms with Crippen molar-refractivity contribution in [3.63, 3.8) is 0 Å². The van der Waals surface area contributed by atoms with Crippen LogP contribution in [0, 0.1) is 0 Å². The Kier molecular flexibility index (Phi) is 8.83. The lowest BCUT2D eigenvalue weighted by Crippen LogP contribution is -2.09. The fourth-order valence-electron chi connectivity index (χ4n) is 9.18. The van der Waals surface area contributed by atoms with Gasteiger partial charge in [0.25, 0.3) is 0 Å². The predicted octanol–water partition coefficient (Wildman–Crippen LogP) is 17.3. The molecular weight excluding hydrogens is 767 g/mol. The lowest BCUT2D eigenvalue weighted by Gasteiger charge is -2.26. The highest BCUT2D eigenvalue weighted by molar-refractivity contribution is 6.11. The summed E-state index contributed by atoms with van der Waals surface area (Å²) in [6.45, 7) is 0. The van der Waals surface area contributed by atoms with E-state index in [1.54, 1.807) is 0 Å². The second-order valence-electron chi connectivity index (χ2n) is 16.1. The van der Waals surface area contributed by atoms with Crippen LogP contribution in [0.4, 0.5) is 17.1 Å². The van der Waals surface area contributed by atoms with Crippen LogP contribution in [0.2, 0.25) is 0 Å². The molecule has 0 atom stereocenters. The van der Waals surface area contributed by atoms with Gasteiger partial charge < -0.3 is 13.7 Å². The molecule has 3 nitrogen and oxygen atoms in total. The third-order valence-corrected chi connectivity index (χ3v) is 12.3. The van der Waals surface area contributed by atoms with Crippen molar-refractivity contribution in [2.75, 3.05) is 4.90 Å². The molecule has 0 unspecified atom stereocenters. The first-order valence-corrected chi connectivity index (χ1v) is 21.4. The Bertz CT molecular complexity index is 3580. The average molecular weight is 806 g/mol. The summed E-state index contributed by atoms with van der Waals surface area (Å²) in [5.41, 5.74) is 18.4. The van der Waals surface area contributed by atoms with Gasteiger partial charge in [-0.25, -0.2) is 0 Å². The zero-order valence-electron chi connectivity index (χ0n) is 34.3. The van der Waals surface area contributed by atoms with Crippen LogP contribution < -0.4 is 4.90 Å². The molecule has 0 saturated carbocycles. The highest BCUT2D eigenvalue weighted by Gasteiger charge is 2.17. The molecule has 0 amide bonds. The van der Waals surface area contributed by atoms with Gasteiger partial charge in [0.05, 0.1) is 0 Å². The fourth-order valence-corrected chi connectivity index (χ4v) is 9.18. The molecule has 12 aromatic rings. The summed E-state index contributed by atoms with van der Waals surface area (Å²) < 4.78 is 12.8. The first-order valence-electron chi connectivity index (χ1n) is 21.4. The first kappa shape index (κ1) is 36.5. The largest absolute Gasteiger partial charge is 0.456 e. The lowest BCUT2D eigenvalue weighted by atomic mass is 9.94. The molecule has 3 heteroatoms. The number of benzene rings is 10. The number of anilines is 3. The van der Waals surface area contributed by atoms with Crippen LogP contribution >= 0.6 is 0 Å². The van der Waals surface area contributed by atoms with Crippen LogP contribution in [0.25, 0.3) is 99.5 Å². The number of furan rings is 2. The van der Waals surface area contributed by atoms with E-state index in [9.17, 15) is 0 Å². The molecule has 2 heterocycles. The van der Waals surface area contributed by atoms with E-state index in [-0.39, 0.29) is 0 Å². The Hall–Kier alpha value is -8.40. The molecule has 296 valence electrons. The van der Waals surface area contributed by atoms with Crippen molar-refractivity contribution >= 4 is 60.9 Å². The minimum atomic E-state index is 0.885. The molecule has 12 rings (SSSR count). The maximum Gasteiger partial charge on any atom is 0.143 e. The minimum absolute atomic E-state index is 0.885. The van der Waals surface area contributed by atoms with Crippen LogP contribution in [0.5, 0.6) is 0 Å². The molecule has 10 aromatic carbocycles. The predicted molar refractivity (Wildman–Crippen MR) is 263 cm³/mol. The normalized spacial score (nSPS) is 11.5. The number of hydrogen-bond donors (Lipinski definition) is 0. The summed E-state index contributed by atoms with van der Waals surface area (Å²) in [4.78, 5) is 2.33. The molecule has 0 spiro atoms. The van der Waals surface area contributed by atoms with Crippen molar-refractivity contribution in [2.45, 2.75) is 0 Å². The Morgan fingerprint density at radius 1 is 0.238 bits per heavy atom. The Labute approximate surface area is 365 Å². The molecule has 0 radical (unpaired) electrons. The van der Waals surface area contributed by atoms with Crippen molar-refractivity contribution in [2.24, 2.45) is 0 Å². The van der Waals surface area contributed by atoms with E-state index in [1.807, 2.05) is 18.2 Å². The van der Waals surface area contributed by atoms with E-state index in [0.717, 1.165) is 94.3 Å². The van der Waals surface area contributed by atoms with Gasteiger partial charge in [0.15, 0.2) is 0 Å². The molecule has 0 N–H and O–H groups in total. The quantitative estimate of drug-likeness (QED) is 0.153.